The van der Waals surface area contributed by atoms with E-state index in [1.165, 1.54) is 12.1 Å². The van der Waals surface area contributed by atoms with Crippen LogP contribution in [-0.4, -0.2) is 0 Å². The molecule has 0 saturated heterocycles. The van der Waals surface area contributed by atoms with Crippen LogP contribution in [0, 0.1) is 11.6 Å². The first kappa shape index (κ1) is 13.8. The molecule has 2 aromatic rings. The maximum atomic E-state index is 13.1. The summed E-state index contributed by atoms with van der Waals surface area (Å²) in [4.78, 5) is -0.350. The van der Waals surface area contributed by atoms with E-state index in [9.17, 15) is 8.78 Å². The van der Waals surface area contributed by atoms with Crippen LogP contribution < -0.4 is 0 Å². The largest absolute Gasteiger partial charge is 0.207 e. The highest BCUT2D eigenvalue weighted by Crippen LogP contribution is 2.34. The molecule has 0 saturated carbocycles. The van der Waals surface area contributed by atoms with Gasteiger partial charge in [0.05, 0.1) is 14.9 Å². The Balaban J connectivity index is 2.40. The Morgan fingerprint density at radius 1 is 0.833 bits per heavy atom. The predicted molar refractivity (Wildman–Crippen MR) is 73.6 cm³/mol. The van der Waals surface area contributed by atoms with Gasteiger partial charge >= 0.3 is 0 Å². The van der Waals surface area contributed by atoms with Crippen molar-refractivity contribution in [2.45, 2.75) is 4.83 Å². The van der Waals surface area contributed by atoms with E-state index in [1.807, 2.05) is 0 Å². The molecule has 0 fully saturated rings. The predicted octanol–water partition coefficient (Wildman–Crippen LogP) is 5.76. The molecular weight excluding hydrogens is 345 g/mol. The van der Waals surface area contributed by atoms with Gasteiger partial charge in [-0.05, 0) is 35.4 Å². The molecule has 5 heteroatoms. The lowest BCUT2D eigenvalue weighted by Crippen LogP contribution is -1.95. The van der Waals surface area contributed by atoms with Crippen LogP contribution in [0.3, 0.4) is 0 Å². The summed E-state index contributed by atoms with van der Waals surface area (Å²) in [6.45, 7) is 0. The molecular formula is C13H7BrCl2F2. The molecule has 0 N–H and O–H groups in total. The Morgan fingerprint density at radius 2 is 1.44 bits per heavy atom. The van der Waals surface area contributed by atoms with Crippen LogP contribution in [0.5, 0.6) is 0 Å². The van der Waals surface area contributed by atoms with Gasteiger partial charge in [-0.15, -0.1) is 0 Å². The Bertz CT molecular complexity index is 567. The van der Waals surface area contributed by atoms with Gasteiger partial charge in [0, 0.05) is 6.07 Å². The highest BCUT2D eigenvalue weighted by molar-refractivity contribution is 9.09. The van der Waals surface area contributed by atoms with E-state index in [0.29, 0.717) is 15.6 Å². The van der Waals surface area contributed by atoms with E-state index >= 15 is 0 Å². The fraction of sp³-hybridized carbons (Fsp3) is 0.0769. The van der Waals surface area contributed by atoms with Crippen LogP contribution in [0.25, 0.3) is 0 Å². The van der Waals surface area contributed by atoms with Crippen molar-refractivity contribution in [3.8, 4) is 0 Å². The van der Waals surface area contributed by atoms with E-state index in [-0.39, 0.29) is 4.83 Å². The fourth-order valence-electron chi connectivity index (χ4n) is 1.58. The van der Waals surface area contributed by atoms with Crippen molar-refractivity contribution in [2.24, 2.45) is 0 Å². The Hall–Kier alpha value is -0.640. The molecule has 2 aromatic carbocycles. The monoisotopic (exact) mass is 350 g/mol. The van der Waals surface area contributed by atoms with Gasteiger partial charge in [0.2, 0.25) is 0 Å². The number of hydrogen-bond acceptors (Lipinski definition) is 0. The first-order valence-corrected chi connectivity index (χ1v) is 6.69. The van der Waals surface area contributed by atoms with Crippen LogP contribution in [0.1, 0.15) is 16.0 Å². The lowest BCUT2D eigenvalue weighted by molar-refractivity contribution is 0.580. The zero-order chi connectivity index (χ0) is 13.3. The van der Waals surface area contributed by atoms with E-state index < -0.39 is 11.6 Å². The summed E-state index contributed by atoms with van der Waals surface area (Å²) < 4.78 is 26.3. The van der Waals surface area contributed by atoms with E-state index in [4.69, 9.17) is 23.2 Å². The molecule has 0 amide bonds. The van der Waals surface area contributed by atoms with Crippen LogP contribution in [0.2, 0.25) is 10.0 Å². The summed E-state index contributed by atoms with van der Waals surface area (Å²) in [5, 5.41) is 0.834. The molecule has 1 unspecified atom stereocenters. The number of benzene rings is 2. The van der Waals surface area contributed by atoms with Crippen LogP contribution in [0.15, 0.2) is 36.4 Å². The van der Waals surface area contributed by atoms with Crippen molar-refractivity contribution in [2.75, 3.05) is 0 Å². The van der Waals surface area contributed by atoms with Gasteiger partial charge in [0.15, 0.2) is 0 Å². The van der Waals surface area contributed by atoms with Gasteiger partial charge in [-0.3, -0.25) is 0 Å². The minimum absolute atomic E-state index is 0.350. The van der Waals surface area contributed by atoms with Crippen molar-refractivity contribution in [1.29, 1.82) is 0 Å². The lowest BCUT2D eigenvalue weighted by atomic mass is 10.0. The molecule has 18 heavy (non-hydrogen) atoms. The average molecular weight is 352 g/mol. The van der Waals surface area contributed by atoms with E-state index in [0.717, 1.165) is 11.6 Å². The minimum Gasteiger partial charge on any atom is -0.207 e. The number of halogens is 5. The normalized spacial score (nSPS) is 12.5. The van der Waals surface area contributed by atoms with Gasteiger partial charge in [0.1, 0.15) is 11.6 Å². The molecule has 1 atom stereocenters. The third kappa shape index (κ3) is 3.02. The van der Waals surface area contributed by atoms with Crippen molar-refractivity contribution in [3.63, 3.8) is 0 Å². The molecule has 0 heterocycles. The van der Waals surface area contributed by atoms with Gasteiger partial charge in [0.25, 0.3) is 0 Å². The Labute approximate surface area is 122 Å². The van der Waals surface area contributed by atoms with Gasteiger partial charge in [-0.1, -0.05) is 45.2 Å². The van der Waals surface area contributed by atoms with Crippen LogP contribution >= 0.6 is 39.1 Å². The molecule has 2 rings (SSSR count). The quantitative estimate of drug-likeness (QED) is 0.604. The second-order valence-corrected chi connectivity index (χ2v) is 5.47. The summed E-state index contributed by atoms with van der Waals surface area (Å²) >= 11 is 15.1. The molecule has 0 bridgehead atoms. The second kappa shape index (κ2) is 5.55. The van der Waals surface area contributed by atoms with Crippen molar-refractivity contribution in [1.82, 2.24) is 0 Å². The molecule has 0 spiro atoms. The van der Waals surface area contributed by atoms with E-state index in [1.54, 1.807) is 18.2 Å². The Morgan fingerprint density at radius 3 is 2.00 bits per heavy atom. The summed E-state index contributed by atoms with van der Waals surface area (Å²) in [6.07, 6.45) is 0. The molecule has 0 radical (unpaired) electrons. The smallest absolute Gasteiger partial charge is 0.126 e. The molecule has 0 aromatic heterocycles. The molecule has 0 nitrogen and oxygen atoms in total. The first-order chi connectivity index (χ1) is 8.47. The van der Waals surface area contributed by atoms with E-state index in [2.05, 4.69) is 15.9 Å². The summed E-state index contributed by atoms with van der Waals surface area (Å²) in [5.41, 5.74) is 1.25. The van der Waals surface area contributed by atoms with Crippen LogP contribution in [0.4, 0.5) is 8.78 Å². The van der Waals surface area contributed by atoms with Crippen molar-refractivity contribution < 1.29 is 8.78 Å². The fourth-order valence-corrected chi connectivity index (χ4v) is 2.44. The topological polar surface area (TPSA) is 0 Å². The number of hydrogen-bond donors (Lipinski definition) is 0. The zero-order valence-corrected chi connectivity index (χ0v) is 12.0. The highest BCUT2D eigenvalue weighted by Gasteiger charge is 2.14. The zero-order valence-electron chi connectivity index (χ0n) is 8.93. The number of alkyl halides is 1. The van der Waals surface area contributed by atoms with Crippen molar-refractivity contribution >= 4 is 39.1 Å². The maximum Gasteiger partial charge on any atom is 0.126 e. The minimum atomic E-state index is -0.616. The summed E-state index contributed by atoms with van der Waals surface area (Å²) in [7, 11) is 0. The average Bonchev–Trinajstić information content (AvgIpc) is 2.30. The van der Waals surface area contributed by atoms with Gasteiger partial charge in [-0.2, -0.15) is 0 Å². The number of rotatable bonds is 2. The highest BCUT2D eigenvalue weighted by atomic mass is 79.9. The molecule has 94 valence electrons. The lowest BCUT2D eigenvalue weighted by Gasteiger charge is -2.12. The molecule has 0 aliphatic rings. The molecule has 0 aliphatic heterocycles. The second-order valence-electron chi connectivity index (χ2n) is 3.74. The van der Waals surface area contributed by atoms with Crippen molar-refractivity contribution in [3.05, 3.63) is 69.2 Å². The third-order valence-corrected chi connectivity index (χ3v) is 4.21. The molecule has 0 aliphatic carbocycles. The third-order valence-electron chi connectivity index (χ3n) is 2.41. The first-order valence-electron chi connectivity index (χ1n) is 5.02. The summed E-state index contributed by atoms with van der Waals surface area (Å²) in [5.74, 6) is -1.23. The SMILES string of the molecule is Fc1cc(F)cc(C(Br)c2ccc(Cl)c(Cl)c2)c1. The van der Waals surface area contributed by atoms with Gasteiger partial charge in [-0.25, -0.2) is 8.78 Å². The van der Waals surface area contributed by atoms with Crippen LogP contribution in [-0.2, 0) is 0 Å². The van der Waals surface area contributed by atoms with Gasteiger partial charge < -0.3 is 0 Å². The maximum absolute atomic E-state index is 13.1. The standard InChI is InChI=1S/C13H7BrCl2F2/c14-13(7-1-2-11(15)12(16)5-7)8-3-9(17)6-10(18)4-8/h1-6,13H. The summed E-state index contributed by atoms with van der Waals surface area (Å²) in [6, 6.07) is 8.42. The Kier molecular flexibility index (Phi) is 4.25.